The SMILES string of the molecule is CNC1CCCN(C(=O)CNC(=O)c2ccc(C(F)(F)F)cc2)C1.Cl. The van der Waals surface area contributed by atoms with E-state index in [4.69, 9.17) is 0 Å². The molecule has 1 fully saturated rings. The van der Waals surface area contributed by atoms with Crippen LogP contribution in [0.15, 0.2) is 24.3 Å². The third-order valence-corrected chi connectivity index (χ3v) is 4.06. The van der Waals surface area contributed by atoms with E-state index in [1.54, 1.807) is 4.90 Å². The number of amides is 2. The summed E-state index contributed by atoms with van der Waals surface area (Å²) in [4.78, 5) is 25.7. The standard InChI is InChI=1S/C16H20F3N3O2.ClH/c1-20-13-3-2-8-22(10-13)14(23)9-21-15(24)11-4-6-12(7-5-11)16(17,18)19;/h4-7,13,20H,2-3,8-10H2,1H3,(H,21,24);1H. The molecule has 1 heterocycles. The smallest absolute Gasteiger partial charge is 0.343 e. The van der Waals surface area contributed by atoms with E-state index in [0.717, 1.165) is 37.1 Å². The molecular weight excluding hydrogens is 359 g/mol. The van der Waals surface area contributed by atoms with Gasteiger partial charge in [-0.1, -0.05) is 0 Å². The Morgan fingerprint density at radius 1 is 1.24 bits per heavy atom. The number of piperidine rings is 1. The van der Waals surface area contributed by atoms with Crippen molar-refractivity contribution in [3.63, 3.8) is 0 Å². The minimum atomic E-state index is -4.44. The summed E-state index contributed by atoms with van der Waals surface area (Å²) in [5.41, 5.74) is -0.732. The third kappa shape index (κ3) is 5.89. The molecule has 1 saturated heterocycles. The molecule has 0 aromatic heterocycles. The molecule has 2 N–H and O–H groups in total. The number of hydrogen-bond acceptors (Lipinski definition) is 3. The van der Waals surface area contributed by atoms with E-state index in [9.17, 15) is 22.8 Å². The van der Waals surface area contributed by atoms with Gasteiger partial charge in [0.05, 0.1) is 12.1 Å². The molecule has 140 valence electrons. The predicted molar refractivity (Wildman–Crippen MR) is 89.7 cm³/mol. The highest BCUT2D eigenvalue weighted by Crippen LogP contribution is 2.29. The van der Waals surface area contributed by atoms with Crippen molar-refractivity contribution in [1.29, 1.82) is 0 Å². The Balaban J connectivity index is 0.00000312. The van der Waals surface area contributed by atoms with Crippen LogP contribution in [-0.4, -0.2) is 49.4 Å². The van der Waals surface area contributed by atoms with Gasteiger partial charge in [0.1, 0.15) is 0 Å². The third-order valence-electron chi connectivity index (χ3n) is 4.06. The summed E-state index contributed by atoms with van der Waals surface area (Å²) in [6.07, 6.45) is -2.55. The van der Waals surface area contributed by atoms with Gasteiger partial charge in [-0.15, -0.1) is 12.4 Å². The van der Waals surface area contributed by atoms with Gasteiger partial charge in [-0.2, -0.15) is 13.2 Å². The Hall–Kier alpha value is -1.80. The zero-order valence-electron chi connectivity index (χ0n) is 13.7. The summed E-state index contributed by atoms with van der Waals surface area (Å²) in [5, 5.41) is 5.58. The minimum absolute atomic E-state index is 0. The summed E-state index contributed by atoms with van der Waals surface area (Å²) in [6, 6.07) is 4.13. The zero-order chi connectivity index (χ0) is 17.7. The topological polar surface area (TPSA) is 61.4 Å². The lowest BCUT2D eigenvalue weighted by atomic mass is 10.1. The lowest BCUT2D eigenvalue weighted by molar-refractivity contribution is -0.137. The van der Waals surface area contributed by atoms with Gasteiger partial charge in [0.15, 0.2) is 0 Å². The van der Waals surface area contributed by atoms with Gasteiger partial charge in [-0.05, 0) is 44.2 Å². The molecule has 1 unspecified atom stereocenters. The second-order valence-electron chi connectivity index (χ2n) is 5.73. The zero-order valence-corrected chi connectivity index (χ0v) is 14.5. The van der Waals surface area contributed by atoms with Crippen LogP contribution < -0.4 is 10.6 Å². The Kier molecular flexibility index (Phi) is 7.69. The Morgan fingerprint density at radius 3 is 2.44 bits per heavy atom. The molecule has 1 atom stereocenters. The molecule has 0 spiro atoms. The molecular formula is C16H21ClF3N3O2. The summed E-state index contributed by atoms with van der Waals surface area (Å²) < 4.78 is 37.5. The van der Waals surface area contributed by atoms with Crippen molar-refractivity contribution >= 4 is 24.2 Å². The molecule has 1 aromatic carbocycles. The number of likely N-dealkylation sites (N-methyl/N-ethyl adjacent to an activating group) is 1. The molecule has 1 aromatic rings. The molecule has 2 rings (SSSR count). The number of rotatable bonds is 4. The van der Waals surface area contributed by atoms with Crippen LogP contribution in [0.2, 0.25) is 0 Å². The molecule has 0 aliphatic carbocycles. The van der Waals surface area contributed by atoms with Crippen molar-refractivity contribution in [1.82, 2.24) is 15.5 Å². The Labute approximate surface area is 150 Å². The molecule has 0 radical (unpaired) electrons. The number of nitrogens with zero attached hydrogens (tertiary/aromatic N) is 1. The van der Waals surface area contributed by atoms with Crippen LogP contribution in [-0.2, 0) is 11.0 Å². The second kappa shape index (κ2) is 9.05. The maximum absolute atomic E-state index is 12.5. The predicted octanol–water partition coefficient (Wildman–Crippen LogP) is 2.07. The Morgan fingerprint density at radius 2 is 1.88 bits per heavy atom. The van der Waals surface area contributed by atoms with Crippen LogP contribution in [0.5, 0.6) is 0 Å². The fourth-order valence-electron chi connectivity index (χ4n) is 2.62. The van der Waals surface area contributed by atoms with Crippen LogP contribution in [0, 0.1) is 0 Å². The largest absolute Gasteiger partial charge is 0.416 e. The van der Waals surface area contributed by atoms with Gasteiger partial charge in [0, 0.05) is 24.7 Å². The van der Waals surface area contributed by atoms with Crippen molar-refractivity contribution in [3.8, 4) is 0 Å². The second-order valence-corrected chi connectivity index (χ2v) is 5.73. The van der Waals surface area contributed by atoms with Gasteiger partial charge < -0.3 is 15.5 Å². The molecule has 1 aliphatic heterocycles. The van der Waals surface area contributed by atoms with E-state index >= 15 is 0 Å². The van der Waals surface area contributed by atoms with Gasteiger partial charge >= 0.3 is 6.18 Å². The summed E-state index contributed by atoms with van der Waals surface area (Å²) >= 11 is 0. The van der Waals surface area contributed by atoms with Crippen LogP contribution >= 0.6 is 12.4 Å². The molecule has 2 amide bonds. The van der Waals surface area contributed by atoms with Crippen LogP contribution in [0.3, 0.4) is 0 Å². The lowest BCUT2D eigenvalue weighted by Gasteiger charge is -2.32. The normalized spacial score (nSPS) is 17.6. The summed E-state index contributed by atoms with van der Waals surface area (Å²) in [7, 11) is 1.84. The summed E-state index contributed by atoms with van der Waals surface area (Å²) in [5.74, 6) is -0.769. The first-order chi connectivity index (χ1) is 11.3. The molecule has 5 nitrogen and oxygen atoms in total. The van der Waals surface area contributed by atoms with Crippen molar-refractivity contribution in [2.75, 3.05) is 26.7 Å². The highest BCUT2D eigenvalue weighted by atomic mass is 35.5. The summed E-state index contributed by atoms with van der Waals surface area (Å²) in [6.45, 7) is 1.06. The maximum atomic E-state index is 12.5. The van der Waals surface area contributed by atoms with Crippen molar-refractivity contribution in [2.45, 2.75) is 25.1 Å². The Bertz CT molecular complexity index is 593. The minimum Gasteiger partial charge on any atom is -0.343 e. The number of carbonyl (C=O) groups is 2. The van der Waals surface area contributed by atoms with E-state index in [0.29, 0.717) is 13.1 Å². The molecule has 1 aliphatic rings. The van der Waals surface area contributed by atoms with E-state index in [1.165, 1.54) is 0 Å². The van der Waals surface area contributed by atoms with E-state index in [2.05, 4.69) is 10.6 Å². The maximum Gasteiger partial charge on any atom is 0.416 e. The first-order valence-electron chi connectivity index (χ1n) is 7.71. The van der Waals surface area contributed by atoms with Gasteiger partial charge in [-0.3, -0.25) is 9.59 Å². The van der Waals surface area contributed by atoms with Crippen molar-refractivity contribution in [2.24, 2.45) is 0 Å². The van der Waals surface area contributed by atoms with E-state index in [1.807, 2.05) is 7.05 Å². The fraction of sp³-hybridized carbons (Fsp3) is 0.500. The fourth-order valence-corrected chi connectivity index (χ4v) is 2.62. The molecule has 9 heteroatoms. The number of nitrogens with one attached hydrogen (secondary N) is 2. The monoisotopic (exact) mass is 379 g/mol. The van der Waals surface area contributed by atoms with Crippen LogP contribution in [0.1, 0.15) is 28.8 Å². The van der Waals surface area contributed by atoms with Gasteiger partial charge in [-0.25, -0.2) is 0 Å². The van der Waals surface area contributed by atoms with Crippen molar-refractivity contribution < 1.29 is 22.8 Å². The van der Waals surface area contributed by atoms with Crippen LogP contribution in [0.25, 0.3) is 0 Å². The molecule has 0 bridgehead atoms. The van der Waals surface area contributed by atoms with Gasteiger partial charge in [0.25, 0.3) is 5.91 Å². The average molecular weight is 380 g/mol. The van der Waals surface area contributed by atoms with E-state index < -0.39 is 17.6 Å². The molecule has 25 heavy (non-hydrogen) atoms. The highest BCUT2D eigenvalue weighted by Gasteiger charge is 2.30. The molecule has 0 saturated carbocycles. The quantitative estimate of drug-likeness (QED) is 0.842. The highest BCUT2D eigenvalue weighted by molar-refractivity contribution is 5.96. The number of halogens is 4. The number of alkyl halides is 3. The average Bonchev–Trinajstić information content (AvgIpc) is 2.58. The van der Waals surface area contributed by atoms with E-state index in [-0.39, 0.29) is 36.5 Å². The number of carbonyl (C=O) groups excluding carboxylic acids is 2. The van der Waals surface area contributed by atoms with Gasteiger partial charge in [0.2, 0.25) is 5.91 Å². The van der Waals surface area contributed by atoms with Crippen molar-refractivity contribution in [3.05, 3.63) is 35.4 Å². The number of hydrogen-bond donors (Lipinski definition) is 2. The number of likely N-dealkylation sites (tertiary alicyclic amines) is 1. The van der Waals surface area contributed by atoms with Crippen LogP contribution in [0.4, 0.5) is 13.2 Å². The first kappa shape index (κ1) is 21.2. The lowest BCUT2D eigenvalue weighted by Crippen LogP contribution is -2.49. The first-order valence-corrected chi connectivity index (χ1v) is 7.71. The number of benzene rings is 1.